The number of anilines is 1. The van der Waals surface area contributed by atoms with Crippen molar-refractivity contribution in [1.29, 1.82) is 0 Å². The molecule has 144 valence electrons. The monoisotopic (exact) mass is 389 g/mol. The maximum Gasteiger partial charge on any atom is 0.328 e. The highest BCUT2D eigenvalue weighted by Gasteiger charge is 2.54. The van der Waals surface area contributed by atoms with Gasteiger partial charge < -0.3 is 14.7 Å². The van der Waals surface area contributed by atoms with E-state index in [9.17, 15) is 9.59 Å². The number of hydrogen-bond acceptors (Lipinski definition) is 5. The molecule has 8 heteroatoms. The first-order valence-corrected chi connectivity index (χ1v) is 9.72. The number of carbonyl (C=O) groups excluding carboxylic acids is 2. The van der Waals surface area contributed by atoms with E-state index in [0.29, 0.717) is 24.0 Å². The van der Waals surface area contributed by atoms with E-state index < -0.39 is 12.2 Å². The summed E-state index contributed by atoms with van der Waals surface area (Å²) in [5.41, 5.74) is 0.945. The van der Waals surface area contributed by atoms with E-state index in [4.69, 9.17) is 16.6 Å². The molecule has 0 saturated carbocycles. The van der Waals surface area contributed by atoms with Crippen LogP contribution in [0, 0.1) is 5.92 Å². The second kappa shape index (κ2) is 6.71. The zero-order valence-corrected chi connectivity index (χ0v) is 16.6. The Balaban J connectivity index is 1.62. The SMILES string of the molecule is CC(C)CCN1C(=O)C2C(N=C3N(c4cccc(Cl)c4)CCN32)N(C)C1=O. The van der Waals surface area contributed by atoms with E-state index in [0.717, 1.165) is 24.6 Å². The molecule has 0 radical (unpaired) electrons. The van der Waals surface area contributed by atoms with Gasteiger partial charge in [0, 0.05) is 37.4 Å². The molecule has 4 rings (SSSR count). The Morgan fingerprint density at radius 3 is 2.74 bits per heavy atom. The lowest BCUT2D eigenvalue weighted by molar-refractivity contribution is -0.137. The second-order valence-electron chi connectivity index (χ2n) is 7.68. The van der Waals surface area contributed by atoms with Crippen molar-refractivity contribution in [2.24, 2.45) is 10.9 Å². The predicted molar refractivity (Wildman–Crippen MR) is 105 cm³/mol. The molecule has 2 saturated heterocycles. The van der Waals surface area contributed by atoms with Crippen molar-refractivity contribution in [2.45, 2.75) is 32.5 Å². The number of carbonyl (C=O) groups is 2. The Kier molecular flexibility index (Phi) is 4.50. The minimum Gasteiger partial charge on any atom is -0.325 e. The van der Waals surface area contributed by atoms with Crippen LogP contribution >= 0.6 is 11.6 Å². The molecule has 0 aromatic heterocycles. The van der Waals surface area contributed by atoms with Gasteiger partial charge in [0.1, 0.15) is 0 Å². The van der Waals surface area contributed by atoms with Gasteiger partial charge in [-0.25, -0.2) is 9.79 Å². The van der Waals surface area contributed by atoms with Gasteiger partial charge in [0.05, 0.1) is 0 Å². The number of benzene rings is 1. The lowest BCUT2D eigenvalue weighted by Crippen LogP contribution is -2.64. The van der Waals surface area contributed by atoms with E-state index in [1.54, 1.807) is 11.9 Å². The average Bonchev–Trinajstić information content (AvgIpc) is 3.18. The van der Waals surface area contributed by atoms with Crippen molar-refractivity contribution < 1.29 is 9.59 Å². The number of imide groups is 1. The molecule has 7 nitrogen and oxygen atoms in total. The summed E-state index contributed by atoms with van der Waals surface area (Å²) in [5, 5.41) is 0.658. The van der Waals surface area contributed by atoms with Gasteiger partial charge in [-0.3, -0.25) is 9.69 Å². The zero-order chi connectivity index (χ0) is 19.3. The van der Waals surface area contributed by atoms with Crippen LogP contribution in [0.3, 0.4) is 0 Å². The number of halogens is 1. The number of guanidine groups is 1. The molecule has 2 unspecified atom stereocenters. The number of amides is 3. The molecule has 3 heterocycles. The average molecular weight is 390 g/mol. The molecular formula is C19H24ClN5O2. The number of fused-ring (bicyclic) bond motifs is 3. The predicted octanol–water partition coefficient (Wildman–Crippen LogP) is 2.47. The number of hydrogen-bond donors (Lipinski definition) is 0. The fourth-order valence-corrected chi connectivity index (χ4v) is 4.10. The molecule has 3 aliphatic heterocycles. The summed E-state index contributed by atoms with van der Waals surface area (Å²) in [6.07, 6.45) is 0.322. The lowest BCUT2D eigenvalue weighted by atomic mass is 10.1. The molecule has 3 aliphatic rings. The quantitative estimate of drug-likeness (QED) is 0.793. The van der Waals surface area contributed by atoms with Crippen LogP contribution in [0.15, 0.2) is 29.3 Å². The first-order valence-electron chi connectivity index (χ1n) is 9.34. The van der Waals surface area contributed by atoms with Crippen LogP contribution in [0.4, 0.5) is 10.5 Å². The first kappa shape index (κ1) is 18.1. The molecule has 0 spiro atoms. The van der Waals surface area contributed by atoms with Crippen molar-refractivity contribution in [1.82, 2.24) is 14.7 Å². The van der Waals surface area contributed by atoms with Crippen LogP contribution < -0.4 is 4.90 Å². The van der Waals surface area contributed by atoms with Gasteiger partial charge in [-0.1, -0.05) is 31.5 Å². The summed E-state index contributed by atoms with van der Waals surface area (Å²) < 4.78 is 0. The summed E-state index contributed by atoms with van der Waals surface area (Å²) >= 11 is 6.14. The summed E-state index contributed by atoms with van der Waals surface area (Å²) in [4.78, 5) is 37.7. The lowest BCUT2D eigenvalue weighted by Gasteiger charge is -2.40. The Hall–Kier alpha value is -2.28. The Labute approximate surface area is 164 Å². The highest BCUT2D eigenvalue weighted by Crippen LogP contribution is 2.34. The molecule has 3 amide bonds. The molecule has 2 atom stereocenters. The van der Waals surface area contributed by atoms with Crippen molar-refractivity contribution in [3.05, 3.63) is 29.3 Å². The number of aliphatic imine (C=N–C) groups is 1. The van der Waals surface area contributed by atoms with Crippen LogP contribution in [0.1, 0.15) is 20.3 Å². The molecular weight excluding hydrogens is 366 g/mol. The fraction of sp³-hybridized carbons (Fsp3) is 0.526. The molecule has 0 bridgehead atoms. The fourth-order valence-electron chi connectivity index (χ4n) is 3.92. The van der Waals surface area contributed by atoms with E-state index in [1.165, 1.54) is 4.90 Å². The van der Waals surface area contributed by atoms with Gasteiger partial charge >= 0.3 is 6.03 Å². The molecule has 2 fully saturated rings. The first-order chi connectivity index (χ1) is 12.9. The van der Waals surface area contributed by atoms with Gasteiger partial charge in [-0.05, 0) is 30.5 Å². The third-order valence-corrected chi connectivity index (χ3v) is 5.66. The largest absolute Gasteiger partial charge is 0.328 e. The standard InChI is InChI=1S/C19H24ClN5O2/c1-12(2)7-8-25-17(26)15-16(22(3)19(25)27)21-18-23(9-10-24(15)18)14-6-4-5-13(20)11-14/h4-6,11-12,15-16H,7-10H2,1-3H3. The highest BCUT2D eigenvalue weighted by atomic mass is 35.5. The Morgan fingerprint density at radius 2 is 2.04 bits per heavy atom. The number of urea groups is 1. The van der Waals surface area contributed by atoms with Crippen molar-refractivity contribution in [3.63, 3.8) is 0 Å². The maximum absolute atomic E-state index is 13.1. The van der Waals surface area contributed by atoms with E-state index in [2.05, 4.69) is 18.7 Å². The van der Waals surface area contributed by atoms with Crippen molar-refractivity contribution >= 4 is 35.2 Å². The minimum atomic E-state index is -0.475. The van der Waals surface area contributed by atoms with Crippen LogP contribution in [0.25, 0.3) is 0 Å². The maximum atomic E-state index is 13.1. The molecule has 1 aromatic carbocycles. The van der Waals surface area contributed by atoms with E-state index in [-0.39, 0.29) is 11.9 Å². The zero-order valence-electron chi connectivity index (χ0n) is 15.8. The third kappa shape index (κ3) is 2.94. The van der Waals surface area contributed by atoms with Crippen molar-refractivity contribution in [2.75, 3.05) is 31.6 Å². The molecule has 0 aliphatic carbocycles. The van der Waals surface area contributed by atoms with Crippen LogP contribution in [-0.2, 0) is 4.79 Å². The minimum absolute atomic E-state index is 0.143. The molecule has 27 heavy (non-hydrogen) atoms. The van der Waals surface area contributed by atoms with Gasteiger partial charge in [0.25, 0.3) is 5.91 Å². The number of nitrogens with zero attached hydrogens (tertiary/aromatic N) is 5. The third-order valence-electron chi connectivity index (χ3n) is 5.43. The van der Waals surface area contributed by atoms with E-state index in [1.807, 2.05) is 29.2 Å². The van der Waals surface area contributed by atoms with Gasteiger partial charge in [-0.15, -0.1) is 0 Å². The van der Waals surface area contributed by atoms with E-state index >= 15 is 0 Å². The number of likely N-dealkylation sites (N-methyl/N-ethyl adjacent to an activating group) is 1. The van der Waals surface area contributed by atoms with Crippen LogP contribution in [0.5, 0.6) is 0 Å². The highest BCUT2D eigenvalue weighted by molar-refractivity contribution is 6.31. The topological polar surface area (TPSA) is 59.5 Å². The normalized spacial score (nSPS) is 24.7. The van der Waals surface area contributed by atoms with Gasteiger partial charge in [0.15, 0.2) is 12.2 Å². The van der Waals surface area contributed by atoms with Crippen LogP contribution in [0.2, 0.25) is 5.02 Å². The van der Waals surface area contributed by atoms with Gasteiger partial charge in [-0.2, -0.15) is 0 Å². The summed E-state index contributed by atoms with van der Waals surface area (Å²) in [6.45, 7) is 6.05. The number of rotatable bonds is 4. The molecule has 1 aromatic rings. The summed E-state index contributed by atoms with van der Waals surface area (Å²) in [5.74, 6) is 1.02. The second-order valence-corrected chi connectivity index (χ2v) is 8.11. The van der Waals surface area contributed by atoms with Gasteiger partial charge in [0.2, 0.25) is 5.96 Å². The summed E-state index contributed by atoms with van der Waals surface area (Å²) in [7, 11) is 1.73. The Bertz CT molecular complexity index is 811. The smallest absolute Gasteiger partial charge is 0.325 e. The Morgan fingerprint density at radius 1 is 1.26 bits per heavy atom. The van der Waals surface area contributed by atoms with Crippen molar-refractivity contribution in [3.8, 4) is 0 Å². The summed E-state index contributed by atoms with van der Waals surface area (Å²) in [6, 6.07) is 6.89. The molecule has 0 N–H and O–H groups in total. The van der Waals surface area contributed by atoms with Crippen LogP contribution in [-0.4, -0.2) is 71.5 Å².